The first kappa shape index (κ1) is 23.0. The van der Waals surface area contributed by atoms with Crippen molar-refractivity contribution in [3.05, 3.63) is 71.6 Å². The second kappa shape index (κ2) is 10.2. The maximum Gasteiger partial charge on any atom is 0.227 e. The summed E-state index contributed by atoms with van der Waals surface area (Å²) in [7, 11) is 1.65. The van der Waals surface area contributed by atoms with Gasteiger partial charge in [-0.2, -0.15) is 0 Å². The van der Waals surface area contributed by atoms with Crippen molar-refractivity contribution in [3.8, 4) is 17.2 Å². The number of hydrogen-bond donors (Lipinski definition) is 2. The molecule has 0 bridgehead atoms. The number of methoxy groups -OCH3 is 1. The van der Waals surface area contributed by atoms with E-state index in [1.807, 2.05) is 37.3 Å². The molecular weight excluding hydrogens is 448 g/mol. The van der Waals surface area contributed by atoms with Gasteiger partial charge in [-0.05, 0) is 43.2 Å². The number of rotatable bonds is 7. The number of benzene rings is 2. The summed E-state index contributed by atoms with van der Waals surface area (Å²) in [5.74, 6) is 2.96. The molecule has 2 saturated heterocycles. The SMILES string of the molecule is COc1ccc(-c2nc(CSC3NC(=O)C4CN(Cc5ccccc5)CCC4N3)c(C)o2)cc1. The van der Waals surface area contributed by atoms with Crippen molar-refractivity contribution >= 4 is 17.7 Å². The summed E-state index contributed by atoms with van der Waals surface area (Å²) in [6, 6.07) is 18.3. The molecule has 3 atom stereocenters. The van der Waals surface area contributed by atoms with Crippen molar-refractivity contribution in [2.24, 2.45) is 5.92 Å². The fraction of sp³-hybridized carbons (Fsp3) is 0.385. The predicted molar refractivity (Wildman–Crippen MR) is 133 cm³/mol. The molecule has 2 N–H and O–H groups in total. The molecule has 2 aliphatic heterocycles. The number of oxazole rings is 1. The van der Waals surface area contributed by atoms with Gasteiger partial charge in [-0.1, -0.05) is 30.3 Å². The van der Waals surface area contributed by atoms with Crippen LogP contribution in [0.25, 0.3) is 11.5 Å². The van der Waals surface area contributed by atoms with Crippen LogP contribution in [0.4, 0.5) is 0 Å². The van der Waals surface area contributed by atoms with Crippen molar-refractivity contribution in [2.75, 3.05) is 20.2 Å². The first-order valence-corrected chi connectivity index (χ1v) is 12.7. The molecule has 5 rings (SSSR count). The Morgan fingerprint density at radius 1 is 1.18 bits per heavy atom. The second-order valence-electron chi connectivity index (χ2n) is 8.84. The third-order valence-corrected chi connectivity index (χ3v) is 7.57. The molecular formula is C26H30N4O3S. The third kappa shape index (κ3) is 5.14. The lowest BCUT2D eigenvalue weighted by atomic mass is 9.89. The van der Waals surface area contributed by atoms with Gasteiger partial charge in [0.1, 0.15) is 17.0 Å². The minimum Gasteiger partial charge on any atom is -0.497 e. The Morgan fingerprint density at radius 2 is 1.97 bits per heavy atom. The highest BCUT2D eigenvalue weighted by Crippen LogP contribution is 2.29. The van der Waals surface area contributed by atoms with Crippen LogP contribution >= 0.6 is 11.8 Å². The van der Waals surface area contributed by atoms with E-state index < -0.39 is 0 Å². The molecule has 2 aromatic carbocycles. The van der Waals surface area contributed by atoms with Gasteiger partial charge < -0.3 is 14.5 Å². The van der Waals surface area contributed by atoms with Gasteiger partial charge in [0.05, 0.1) is 18.7 Å². The molecule has 7 nitrogen and oxygen atoms in total. The molecule has 8 heteroatoms. The van der Waals surface area contributed by atoms with E-state index in [1.54, 1.807) is 18.9 Å². The van der Waals surface area contributed by atoms with E-state index in [4.69, 9.17) is 14.1 Å². The average Bonchev–Trinajstić information content (AvgIpc) is 3.24. The quantitative estimate of drug-likeness (QED) is 0.535. The van der Waals surface area contributed by atoms with E-state index in [0.717, 1.165) is 48.8 Å². The smallest absolute Gasteiger partial charge is 0.227 e. The number of nitrogens with zero attached hydrogens (tertiary/aromatic N) is 2. The highest BCUT2D eigenvalue weighted by molar-refractivity contribution is 7.99. The van der Waals surface area contributed by atoms with Gasteiger partial charge >= 0.3 is 0 Å². The van der Waals surface area contributed by atoms with E-state index in [0.29, 0.717) is 11.6 Å². The fourth-order valence-corrected chi connectivity index (χ4v) is 5.68. The predicted octanol–water partition coefficient (Wildman–Crippen LogP) is 3.79. The van der Waals surface area contributed by atoms with Crippen molar-refractivity contribution in [2.45, 2.75) is 37.2 Å². The van der Waals surface area contributed by atoms with Crippen LogP contribution < -0.4 is 15.4 Å². The molecule has 3 heterocycles. The van der Waals surface area contributed by atoms with Crippen LogP contribution in [0.3, 0.4) is 0 Å². The van der Waals surface area contributed by atoms with E-state index in [-0.39, 0.29) is 23.4 Å². The summed E-state index contributed by atoms with van der Waals surface area (Å²) in [5.41, 5.74) is 2.96. The third-order valence-electron chi connectivity index (χ3n) is 6.54. The summed E-state index contributed by atoms with van der Waals surface area (Å²) in [5, 5.41) is 6.80. The number of amides is 1. The number of aromatic nitrogens is 1. The topological polar surface area (TPSA) is 79.6 Å². The maximum absolute atomic E-state index is 12.9. The normalized spacial score (nSPS) is 22.8. The van der Waals surface area contributed by atoms with Crippen molar-refractivity contribution < 1.29 is 13.9 Å². The van der Waals surface area contributed by atoms with Crippen LogP contribution in [-0.4, -0.2) is 47.5 Å². The Hall–Kier alpha value is -2.81. The van der Waals surface area contributed by atoms with Crippen molar-refractivity contribution in [1.29, 1.82) is 0 Å². The van der Waals surface area contributed by atoms with Crippen molar-refractivity contribution in [3.63, 3.8) is 0 Å². The second-order valence-corrected chi connectivity index (χ2v) is 9.93. The van der Waals surface area contributed by atoms with Crippen LogP contribution in [0.15, 0.2) is 59.0 Å². The monoisotopic (exact) mass is 478 g/mol. The Labute approximate surface area is 204 Å². The van der Waals surface area contributed by atoms with E-state index in [1.165, 1.54) is 5.56 Å². The molecule has 1 amide bonds. The van der Waals surface area contributed by atoms with Gasteiger partial charge in [0, 0.05) is 37.0 Å². The van der Waals surface area contributed by atoms with Gasteiger partial charge in [0.15, 0.2) is 0 Å². The van der Waals surface area contributed by atoms with Crippen LogP contribution in [0.5, 0.6) is 5.75 Å². The van der Waals surface area contributed by atoms with E-state index in [9.17, 15) is 4.79 Å². The average molecular weight is 479 g/mol. The van der Waals surface area contributed by atoms with Gasteiger partial charge in [-0.25, -0.2) is 4.98 Å². The van der Waals surface area contributed by atoms with Gasteiger partial charge in [0.25, 0.3) is 0 Å². The molecule has 1 aromatic heterocycles. The lowest BCUT2D eigenvalue weighted by Gasteiger charge is -2.43. The minimum absolute atomic E-state index is 0.0234. The zero-order valence-electron chi connectivity index (χ0n) is 19.5. The van der Waals surface area contributed by atoms with E-state index in [2.05, 4.69) is 39.8 Å². The molecule has 178 valence electrons. The standard InChI is InChI=1S/C26H30N4O3S/c1-17-23(27-25(33-17)19-8-10-20(32-2)11-9-19)16-34-26-28-22-12-13-30(15-21(22)24(31)29-26)14-18-6-4-3-5-7-18/h3-11,21-22,26,28H,12-16H2,1-2H3,(H,29,31). The lowest BCUT2D eigenvalue weighted by molar-refractivity contribution is -0.130. The molecule has 0 aliphatic carbocycles. The highest BCUT2D eigenvalue weighted by atomic mass is 32.2. The molecule has 3 aromatic rings. The minimum atomic E-state index is -0.130. The number of carbonyl (C=O) groups is 1. The number of fused-ring (bicyclic) bond motifs is 1. The number of aryl methyl sites for hydroxylation is 1. The number of piperidine rings is 1. The Kier molecular flexibility index (Phi) is 6.89. The molecule has 2 aliphatic rings. The van der Waals surface area contributed by atoms with Crippen molar-refractivity contribution in [1.82, 2.24) is 20.5 Å². The lowest BCUT2D eigenvalue weighted by Crippen LogP contribution is -2.64. The Balaban J connectivity index is 1.16. The molecule has 34 heavy (non-hydrogen) atoms. The number of ether oxygens (including phenoxy) is 1. The van der Waals surface area contributed by atoms with Crippen LogP contribution in [0.1, 0.15) is 23.4 Å². The van der Waals surface area contributed by atoms with Crippen LogP contribution in [0.2, 0.25) is 0 Å². The van der Waals surface area contributed by atoms with Crippen LogP contribution in [0, 0.1) is 12.8 Å². The number of hydrogen-bond acceptors (Lipinski definition) is 7. The summed E-state index contributed by atoms with van der Waals surface area (Å²) >= 11 is 1.64. The number of carbonyl (C=O) groups excluding carboxylic acids is 1. The number of nitrogens with one attached hydrogen (secondary N) is 2. The van der Waals surface area contributed by atoms with Gasteiger partial charge in [-0.3, -0.25) is 15.0 Å². The number of thioether (sulfide) groups is 1. The van der Waals surface area contributed by atoms with E-state index >= 15 is 0 Å². The molecule has 3 unspecified atom stereocenters. The summed E-state index contributed by atoms with van der Waals surface area (Å²) < 4.78 is 11.1. The zero-order chi connectivity index (χ0) is 23.5. The molecule has 0 saturated carbocycles. The number of likely N-dealkylation sites (tertiary alicyclic amines) is 1. The maximum atomic E-state index is 12.9. The molecule has 0 spiro atoms. The molecule has 0 radical (unpaired) electrons. The highest BCUT2D eigenvalue weighted by Gasteiger charge is 2.39. The first-order valence-electron chi connectivity index (χ1n) is 11.6. The van der Waals surface area contributed by atoms with Gasteiger partial charge in [-0.15, -0.1) is 11.8 Å². The fourth-order valence-electron chi connectivity index (χ4n) is 4.61. The van der Waals surface area contributed by atoms with Gasteiger partial charge in [0.2, 0.25) is 11.8 Å². The van der Waals surface area contributed by atoms with Crippen LogP contribution in [-0.2, 0) is 17.1 Å². The Morgan fingerprint density at radius 3 is 2.74 bits per heavy atom. The molecule has 2 fully saturated rings. The first-order chi connectivity index (χ1) is 16.6. The zero-order valence-corrected chi connectivity index (χ0v) is 20.3. The summed E-state index contributed by atoms with van der Waals surface area (Å²) in [4.78, 5) is 20.0. The largest absolute Gasteiger partial charge is 0.497 e. The summed E-state index contributed by atoms with van der Waals surface area (Å²) in [6.45, 7) is 4.59. The summed E-state index contributed by atoms with van der Waals surface area (Å²) in [6.07, 6.45) is 0.965. The Bertz CT molecular complexity index is 1120.